The Kier molecular flexibility index (Phi) is 8.74. The minimum Gasteiger partial charge on any atom is -0.507 e. The van der Waals surface area contributed by atoms with E-state index in [9.17, 15) is 19.8 Å². The van der Waals surface area contributed by atoms with Crippen LogP contribution >= 0.6 is 0 Å². The van der Waals surface area contributed by atoms with Gasteiger partial charge in [-0.25, -0.2) is 4.79 Å². The van der Waals surface area contributed by atoms with Crippen LogP contribution in [0.1, 0.15) is 74.2 Å². The molecule has 0 saturated heterocycles. The predicted octanol–water partition coefficient (Wildman–Crippen LogP) is 6.92. The van der Waals surface area contributed by atoms with Crippen molar-refractivity contribution in [1.29, 1.82) is 0 Å². The fraction of sp³-hybridized carbons (Fsp3) is 0.312. The number of methoxy groups -OCH3 is 1. The summed E-state index contributed by atoms with van der Waals surface area (Å²) in [6.07, 6.45) is 2.93. The maximum Gasteiger partial charge on any atom is 0.337 e. The molecule has 1 amide bonds. The number of carbonyl (C=O) groups is 2. The molecule has 0 unspecified atom stereocenters. The van der Waals surface area contributed by atoms with Crippen LogP contribution in [-0.2, 0) is 22.2 Å². The van der Waals surface area contributed by atoms with E-state index in [4.69, 9.17) is 9.47 Å². The van der Waals surface area contributed by atoms with Gasteiger partial charge in [-0.1, -0.05) is 59.7 Å². The number of carboxylic acid groups (broad SMARTS) is 1. The van der Waals surface area contributed by atoms with Crippen LogP contribution in [-0.4, -0.2) is 29.2 Å². The first kappa shape index (κ1) is 29.3. The van der Waals surface area contributed by atoms with Crippen molar-refractivity contribution in [2.75, 3.05) is 12.4 Å². The van der Waals surface area contributed by atoms with Crippen LogP contribution in [0.3, 0.4) is 0 Å². The number of hydrogen-bond acceptors (Lipinski definition) is 5. The van der Waals surface area contributed by atoms with Gasteiger partial charge < -0.3 is 25.0 Å². The Balaban J connectivity index is 1.78. The van der Waals surface area contributed by atoms with E-state index in [0.717, 1.165) is 16.7 Å². The van der Waals surface area contributed by atoms with Crippen LogP contribution in [0.25, 0.3) is 6.08 Å². The van der Waals surface area contributed by atoms with Crippen LogP contribution in [0.15, 0.2) is 60.7 Å². The number of anilines is 1. The quantitative estimate of drug-likeness (QED) is 0.272. The molecule has 3 N–H and O–H groups in total. The highest BCUT2D eigenvalue weighted by Gasteiger charge is 2.26. The van der Waals surface area contributed by atoms with Gasteiger partial charge in [-0.2, -0.15) is 0 Å². The van der Waals surface area contributed by atoms with Crippen LogP contribution in [0, 0.1) is 0 Å². The van der Waals surface area contributed by atoms with E-state index in [2.05, 4.69) is 46.9 Å². The van der Waals surface area contributed by atoms with Crippen molar-refractivity contribution in [3.63, 3.8) is 0 Å². The first-order chi connectivity index (χ1) is 18.2. The SMILES string of the molecule is COc1cc(/C=C/C(=O)Nc2ccccc2C(=O)O)ccc1OCc1cc(C(C)(C)C)c(O)c(C(C)(C)C)c1. The lowest BCUT2D eigenvalue weighted by Gasteiger charge is -2.28. The molecule has 0 radical (unpaired) electrons. The fourth-order valence-corrected chi connectivity index (χ4v) is 4.11. The third-order valence-corrected chi connectivity index (χ3v) is 6.21. The number of phenolic OH excluding ortho intramolecular Hbond substituents is 1. The van der Waals surface area contributed by atoms with Crippen LogP contribution in [0.2, 0.25) is 0 Å². The molecule has 7 heteroatoms. The fourth-order valence-electron chi connectivity index (χ4n) is 4.11. The van der Waals surface area contributed by atoms with Gasteiger partial charge in [0.25, 0.3) is 0 Å². The van der Waals surface area contributed by atoms with Gasteiger partial charge in [0.15, 0.2) is 11.5 Å². The molecule has 3 aromatic carbocycles. The van der Waals surface area contributed by atoms with Crippen molar-refractivity contribution in [3.05, 3.63) is 88.5 Å². The molecule has 0 aliphatic carbocycles. The molecule has 0 fully saturated rings. The molecule has 3 aromatic rings. The maximum absolute atomic E-state index is 12.4. The van der Waals surface area contributed by atoms with E-state index in [1.54, 1.807) is 43.5 Å². The largest absolute Gasteiger partial charge is 0.507 e. The first-order valence-electron chi connectivity index (χ1n) is 12.7. The zero-order valence-corrected chi connectivity index (χ0v) is 23.6. The Morgan fingerprint density at radius 2 is 1.51 bits per heavy atom. The molecule has 39 heavy (non-hydrogen) atoms. The summed E-state index contributed by atoms with van der Waals surface area (Å²) in [7, 11) is 1.54. The molecule has 3 rings (SSSR count). The second kappa shape index (κ2) is 11.6. The standard InChI is InChI=1S/C32H37NO6/c1-31(2,3)23-16-21(17-24(29(23)35)32(4,5)6)19-39-26-14-12-20(18-27(26)38-7)13-15-28(34)33-25-11-9-8-10-22(25)30(36)37/h8-18,35H,19H2,1-7H3,(H,33,34)(H,36,37)/b15-13+. The number of para-hydroxylation sites is 1. The van der Waals surface area contributed by atoms with Crippen LogP contribution in [0.4, 0.5) is 5.69 Å². The van der Waals surface area contributed by atoms with E-state index in [1.807, 2.05) is 12.1 Å². The molecule has 0 aromatic heterocycles. The van der Waals surface area contributed by atoms with Crippen molar-refractivity contribution >= 4 is 23.6 Å². The monoisotopic (exact) mass is 531 g/mol. The van der Waals surface area contributed by atoms with Crippen molar-refractivity contribution in [3.8, 4) is 17.2 Å². The zero-order chi connectivity index (χ0) is 29.0. The van der Waals surface area contributed by atoms with Gasteiger partial charge >= 0.3 is 5.97 Å². The van der Waals surface area contributed by atoms with E-state index >= 15 is 0 Å². The van der Waals surface area contributed by atoms with E-state index in [-0.39, 0.29) is 28.7 Å². The van der Waals surface area contributed by atoms with E-state index in [0.29, 0.717) is 22.8 Å². The molecule has 0 atom stereocenters. The molecular formula is C32H37NO6. The number of aromatic carboxylic acids is 1. The van der Waals surface area contributed by atoms with Crippen molar-refractivity contribution in [2.45, 2.75) is 59.0 Å². The molecule has 0 heterocycles. The third-order valence-electron chi connectivity index (χ3n) is 6.21. The minimum atomic E-state index is -1.12. The Morgan fingerprint density at radius 3 is 2.08 bits per heavy atom. The van der Waals surface area contributed by atoms with Crippen molar-refractivity contribution in [2.24, 2.45) is 0 Å². The number of nitrogens with one attached hydrogen (secondary N) is 1. The zero-order valence-electron chi connectivity index (χ0n) is 23.6. The van der Waals surface area contributed by atoms with E-state index < -0.39 is 11.9 Å². The van der Waals surface area contributed by atoms with Crippen LogP contribution in [0.5, 0.6) is 17.2 Å². The van der Waals surface area contributed by atoms with Crippen molar-refractivity contribution < 1.29 is 29.3 Å². The molecular weight excluding hydrogens is 494 g/mol. The topological polar surface area (TPSA) is 105 Å². The lowest BCUT2D eigenvalue weighted by Crippen LogP contribution is -2.18. The lowest BCUT2D eigenvalue weighted by atomic mass is 9.78. The lowest BCUT2D eigenvalue weighted by molar-refractivity contribution is -0.111. The Labute approximate surface area is 230 Å². The van der Waals surface area contributed by atoms with Crippen molar-refractivity contribution in [1.82, 2.24) is 0 Å². The molecule has 206 valence electrons. The number of benzene rings is 3. The average molecular weight is 532 g/mol. The molecule has 0 spiro atoms. The summed E-state index contributed by atoms with van der Waals surface area (Å²) in [5, 5.41) is 22.9. The average Bonchev–Trinajstić information content (AvgIpc) is 2.85. The Hall–Kier alpha value is -4.26. The van der Waals surface area contributed by atoms with Gasteiger partial charge in [-0.15, -0.1) is 0 Å². The normalized spacial score (nSPS) is 11.9. The molecule has 0 bridgehead atoms. The molecule has 0 saturated carbocycles. The van der Waals surface area contributed by atoms with Gasteiger partial charge in [-0.3, -0.25) is 4.79 Å². The summed E-state index contributed by atoms with van der Waals surface area (Å²) in [6.45, 7) is 12.7. The third kappa shape index (κ3) is 7.41. The number of ether oxygens (including phenoxy) is 2. The summed E-state index contributed by atoms with van der Waals surface area (Å²) in [6, 6.07) is 15.5. The summed E-state index contributed by atoms with van der Waals surface area (Å²) < 4.78 is 11.6. The summed E-state index contributed by atoms with van der Waals surface area (Å²) in [5.41, 5.74) is 3.12. The number of aromatic hydroxyl groups is 1. The maximum atomic E-state index is 12.4. The second-order valence-corrected chi connectivity index (χ2v) is 11.4. The van der Waals surface area contributed by atoms with E-state index in [1.165, 1.54) is 18.2 Å². The van der Waals surface area contributed by atoms with Gasteiger partial charge in [-0.05, 0) is 75.6 Å². The highest BCUT2D eigenvalue weighted by atomic mass is 16.5. The number of rotatable bonds is 8. The number of carboxylic acids is 1. The highest BCUT2D eigenvalue weighted by molar-refractivity contribution is 6.06. The molecule has 7 nitrogen and oxygen atoms in total. The van der Waals surface area contributed by atoms with Gasteiger partial charge in [0, 0.05) is 6.08 Å². The van der Waals surface area contributed by atoms with Gasteiger partial charge in [0.05, 0.1) is 18.4 Å². The predicted molar refractivity (Wildman–Crippen MR) is 154 cm³/mol. The summed E-state index contributed by atoms with van der Waals surface area (Å²) in [4.78, 5) is 23.8. The highest BCUT2D eigenvalue weighted by Crippen LogP contribution is 2.40. The Morgan fingerprint density at radius 1 is 0.897 bits per heavy atom. The van der Waals surface area contributed by atoms with Gasteiger partial charge in [0.2, 0.25) is 5.91 Å². The van der Waals surface area contributed by atoms with Crippen LogP contribution < -0.4 is 14.8 Å². The summed E-state index contributed by atoms with van der Waals surface area (Å²) >= 11 is 0. The number of amides is 1. The minimum absolute atomic E-state index is 0.0142. The summed E-state index contributed by atoms with van der Waals surface area (Å²) in [5.74, 6) is -0.216. The smallest absolute Gasteiger partial charge is 0.337 e. The van der Waals surface area contributed by atoms with Gasteiger partial charge in [0.1, 0.15) is 12.4 Å². The number of carbonyl (C=O) groups excluding carboxylic acids is 1. The number of hydrogen-bond donors (Lipinski definition) is 3. The Bertz CT molecular complexity index is 1360. The second-order valence-electron chi connectivity index (χ2n) is 11.4. The first-order valence-corrected chi connectivity index (χ1v) is 12.7. The number of phenols is 1. The molecule has 0 aliphatic heterocycles. The molecule has 0 aliphatic rings.